The summed E-state index contributed by atoms with van der Waals surface area (Å²) in [7, 11) is 0. The van der Waals surface area contributed by atoms with Gasteiger partial charge in [0.05, 0.1) is 13.1 Å². The summed E-state index contributed by atoms with van der Waals surface area (Å²) in [6.45, 7) is 9.38. The first kappa shape index (κ1) is 19.4. The van der Waals surface area contributed by atoms with Crippen molar-refractivity contribution < 1.29 is 13.9 Å². The maximum Gasteiger partial charge on any atom is 0.410 e. The molecule has 2 fully saturated rings. The summed E-state index contributed by atoms with van der Waals surface area (Å²) in [5.74, 6) is 0. The lowest BCUT2D eigenvalue weighted by atomic mass is 9.94. The Kier molecular flexibility index (Phi) is 5.49. The van der Waals surface area contributed by atoms with Crippen LogP contribution in [-0.4, -0.2) is 73.0 Å². The lowest BCUT2D eigenvalue weighted by Gasteiger charge is -2.48. The van der Waals surface area contributed by atoms with Crippen molar-refractivity contribution in [2.24, 2.45) is 0 Å². The zero-order valence-corrected chi connectivity index (χ0v) is 17.3. The predicted molar refractivity (Wildman–Crippen MR) is 104 cm³/mol. The Bertz CT molecular complexity index is 633. The van der Waals surface area contributed by atoms with Crippen LogP contribution in [0.5, 0.6) is 0 Å². The maximum atomic E-state index is 15.0. The van der Waals surface area contributed by atoms with Crippen LogP contribution in [0.25, 0.3) is 0 Å². The number of ether oxygens (including phenoxy) is 1. The Morgan fingerprint density at radius 3 is 2.27 bits per heavy atom. The van der Waals surface area contributed by atoms with E-state index in [1.807, 2.05) is 45.0 Å². The lowest BCUT2D eigenvalue weighted by Crippen LogP contribution is -2.65. The number of rotatable bonds is 3. The van der Waals surface area contributed by atoms with Crippen molar-refractivity contribution in [3.05, 3.63) is 28.7 Å². The van der Waals surface area contributed by atoms with Gasteiger partial charge in [-0.25, -0.2) is 9.18 Å². The first-order chi connectivity index (χ1) is 12.1. The molecule has 0 bridgehead atoms. The molecular weight excluding hydrogens is 401 g/mol. The van der Waals surface area contributed by atoms with Gasteiger partial charge >= 0.3 is 6.09 Å². The van der Waals surface area contributed by atoms with E-state index in [0.29, 0.717) is 45.8 Å². The molecule has 144 valence electrons. The standard InChI is InChI=1S/C19H27BrFN3O2/c1-18(2,3)26-17(25)23-10-8-22(9-11-23)12-19(21)13-24(14-19)16-6-4-15(20)5-7-16/h4-7H,8-14H2,1-3H3. The van der Waals surface area contributed by atoms with Gasteiger partial charge in [-0.3, -0.25) is 4.90 Å². The molecule has 2 aliphatic rings. The van der Waals surface area contributed by atoms with Crippen molar-refractivity contribution in [2.75, 3.05) is 50.7 Å². The average molecular weight is 428 g/mol. The molecule has 1 amide bonds. The molecule has 0 radical (unpaired) electrons. The van der Waals surface area contributed by atoms with E-state index in [-0.39, 0.29) is 6.09 Å². The van der Waals surface area contributed by atoms with Crippen LogP contribution in [0.1, 0.15) is 20.8 Å². The number of hydrogen-bond acceptors (Lipinski definition) is 4. The van der Waals surface area contributed by atoms with E-state index >= 15 is 0 Å². The van der Waals surface area contributed by atoms with Gasteiger partial charge in [0.1, 0.15) is 5.60 Å². The van der Waals surface area contributed by atoms with Crippen LogP contribution >= 0.6 is 15.9 Å². The highest BCUT2D eigenvalue weighted by molar-refractivity contribution is 9.10. The third kappa shape index (κ3) is 4.88. The molecule has 0 N–H and O–H groups in total. The topological polar surface area (TPSA) is 36.0 Å². The molecular formula is C19H27BrFN3O2. The van der Waals surface area contributed by atoms with Gasteiger partial charge in [0.15, 0.2) is 5.67 Å². The second kappa shape index (κ2) is 7.35. The molecule has 7 heteroatoms. The molecule has 0 aromatic heterocycles. The first-order valence-electron chi connectivity index (χ1n) is 9.03. The molecule has 0 unspecified atom stereocenters. The van der Waals surface area contributed by atoms with E-state index < -0.39 is 11.3 Å². The summed E-state index contributed by atoms with van der Waals surface area (Å²) in [6, 6.07) is 7.96. The molecule has 0 spiro atoms. The maximum absolute atomic E-state index is 15.0. The number of nitrogens with zero attached hydrogens (tertiary/aromatic N) is 3. The Labute approximate surface area is 163 Å². The number of halogens is 2. The minimum Gasteiger partial charge on any atom is -0.444 e. The van der Waals surface area contributed by atoms with Crippen LogP contribution < -0.4 is 4.90 Å². The van der Waals surface area contributed by atoms with Gasteiger partial charge in [-0.2, -0.15) is 0 Å². The molecule has 2 aliphatic heterocycles. The minimum absolute atomic E-state index is 0.280. The Balaban J connectivity index is 1.44. The fraction of sp³-hybridized carbons (Fsp3) is 0.632. The number of amides is 1. The molecule has 3 rings (SSSR count). The summed E-state index contributed by atoms with van der Waals surface area (Å²) in [5, 5.41) is 0. The third-order valence-corrected chi connectivity index (χ3v) is 5.20. The van der Waals surface area contributed by atoms with Crippen LogP contribution in [0.4, 0.5) is 14.9 Å². The molecule has 1 aromatic rings. The van der Waals surface area contributed by atoms with Crippen LogP contribution in [0.3, 0.4) is 0 Å². The summed E-state index contributed by atoms with van der Waals surface area (Å²) in [4.78, 5) is 18.0. The van der Waals surface area contributed by atoms with Crippen molar-refractivity contribution in [1.82, 2.24) is 9.80 Å². The number of anilines is 1. The predicted octanol–water partition coefficient (Wildman–Crippen LogP) is 3.53. The summed E-state index contributed by atoms with van der Waals surface area (Å²) in [6.07, 6.45) is -0.280. The van der Waals surface area contributed by atoms with E-state index in [1.54, 1.807) is 4.90 Å². The molecule has 26 heavy (non-hydrogen) atoms. The van der Waals surface area contributed by atoms with Gasteiger partial charge in [-0.05, 0) is 45.0 Å². The molecule has 0 atom stereocenters. The Morgan fingerprint density at radius 1 is 1.15 bits per heavy atom. The number of carbonyl (C=O) groups is 1. The smallest absolute Gasteiger partial charge is 0.410 e. The quantitative estimate of drug-likeness (QED) is 0.738. The highest BCUT2D eigenvalue weighted by atomic mass is 79.9. The van der Waals surface area contributed by atoms with Crippen molar-refractivity contribution >= 4 is 27.7 Å². The second-order valence-corrected chi connectivity index (χ2v) is 9.14. The number of alkyl halides is 1. The fourth-order valence-corrected chi connectivity index (χ4v) is 3.65. The van der Waals surface area contributed by atoms with Gasteiger partial charge in [-0.1, -0.05) is 15.9 Å². The second-order valence-electron chi connectivity index (χ2n) is 8.23. The highest BCUT2D eigenvalue weighted by Crippen LogP contribution is 2.32. The van der Waals surface area contributed by atoms with E-state index in [4.69, 9.17) is 4.74 Å². The van der Waals surface area contributed by atoms with Gasteiger partial charge in [0.25, 0.3) is 0 Å². The van der Waals surface area contributed by atoms with Crippen LogP contribution in [0.15, 0.2) is 28.7 Å². The van der Waals surface area contributed by atoms with E-state index in [9.17, 15) is 9.18 Å². The number of piperazine rings is 1. The van der Waals surface area contributed by atoms with E-state index in [1.165, 1.54) is 0 Å². The van der Waals surface area contributed by atoms with Crippen molar-refractivity contribution in [3.8, 4) is 0 Å². The fourth-order valence-electron chi connectivity index (χ4n) is 3.39. The minimum atomic E-state index is -1.18. The highest BCUT2D eigenvalue weighted by Gasteiger charge is 2.45. The van der Waals surface area contributed by atoms with Gasteiger partial charge < -0.3 is 14.5 Å². The van der Waals surface area contributed by atoms with Crippen LogP contribution in [0, 0.1) is 0 Å². The van der Waals surface area contributed by atoms with Crippen LogP contribution in [-0.2, 0) is 4.74 Å². The molecule has 2 heterocycles. The molecule has 0 aliphatic carbocycles. The number of carbonyl (C=O) groups excluding carboxylic acids is 1. The largest absolute Gasteiger partial charge is 0.444 e. The summed E-state index contributed by atoms with van der Waals surface area (Å²) in [5.41, 5.74) is -0.614. The SMILES string of the molecule is CC(C)(C)OC(=O)N1CCN(CC2(F)CN(c3ccc(Br)cc3)C2)CC1. The first-order valence-corrected chi connectivity index (χ1v) is 9.83. The van der Waals surface area contributed by atoms with Gasteiger partial charge in [0.2, 0.25) is 0 Å². The molecule has 2 saturated heterocycles. The van der Waals surface area contributed by atoms with E-state index in [2.05, 4.69) is 25.7 Å². The number of hydrogen-bond donors (Lipinski definition) is 0. The normalized spacial score (nSPS) is 20.7. The van der Waals surface area contributed by atoms with Crippen LogP contribution in [0.2, 0.25) is 0 Å². The third-order valence-electron chi connectivity index (χ3n) is 4.67. The van der Waals surface area contributed by atoms with Crippen molar-refractivity contribution in [3.63, 3.8) is 0 Å². The number of benzene rings is 1. The monoisotopic (exact) mass is 427 g/mol. The Morgan fingerprint density at radius 2 is 1.73 bits per heavy atom. The molecule has 0 saturated carbocycles. The Hall–Kier alpha value is -1.34. The van der Waals surface area contributed by atoms with Crippen molar-refractivity contribution in [1.29, 1.82) is 0 Å². The zero-order valence-electron chi connectivity index (χ0n) is 15.7. The summed E-state index contributed by atoms with van der Waals surface area (Å²) >= 11 is 3.42. The van der Waals surface area contributed by atoms with E-state index in [0.717, 1.165) is 10.2 Å². The van der Waals surface area contributed by atoms with Gasteiger partial charge in [0, 0.05) is 42.9 Å². The molecule has 1 aromatic carbocycles. The van der Waals surface area contributed by atoms with Gasteiger partial charge in [-0.15, -0.1) is 0 Å². The zero-order chi connectivity index (χ0) is 18.9. The lowest BCUT2D eigenvalue weighted by molar-refractivity contribution is 0.00415. The summed E-state index contributed by atoms with van der Waals surface area (Å²) < 4.78 is 21.4. The average Bonchev–Trinajstić information content (AvgIpc) is 2.52. The molecule has 5 nitrogen and oxygen atoms in total. The van der Waals surface area contributed by atoms with Crippen molar-refractivity contribution in [2.45, 2.75) is 32.0 Å².